The number of aryl methyl sites for hydroxylation is 2. The summed E-state index contributed by atoms with van der Waals surface area (Å²) in [4.78, 5) is 39.3. The Kier molecular flexibility index (Phi) is 10.3. The molecule has 0 saturated heterocycles. The molecule has 3 N–H and O–H groups in total. The second-order valence-electron chi connectivity index (χ2n) is 12.0. The number of sulfonamides is 1. The molecule has 2 aromatic carbocycles. The van der Waals surface area contributed by atoms with E-state index in [9.17, 15) is 18.0 Å². The summed E-state index contributed by atoms with van der Waals surface area (Å²) in [5.41, 5.74) is -0.128. The number of hydrogen-bond acceptors (Lipinski definition) is 10. The van der Waals surface area contributed by atoms with E-state index < -0.39 is 27.6 Å². The first kappa shape index (κ1) is 33.4. The lowest BCUT2D eigenvalue weighted by atomic mass is 10.1. The summed E-state index contributed by atoms with van der Waals surface area (Å²) in [5, 5.41) is 8.60. The maximum Gasteiger partial charge on any atom is 0.325 e. The standard InChI is InChI=1S/C32H39N7O5S2/c1-21-35-28-24(15-19-39(28)18-8-14-27(40)37-31-33-16-9-17-34-31)29(36-21)45-20-25(30(41)44-32(2,3)4)38-46(42,43)26-13-7-11-22-10-5-6-12-23(22)26/h5-7,10-13,15,19,25,38H,8-9,14,16-18,20H2,1-4H3,(H2,33,34,37,40)/t25-/m0/s1. The van der Waals surface area contributed by atoms with Crippen molar-refractivity contribution in [3.63, 3.8) is 0 Å². The number of benzene rings is 2. The highest BCUT2D eigenvalue weighted by Gasteiger charge is 2.31. The van der Waals surface area contributed by atoms with Crippen LogP contribution in [0.5, 0.6) is 0 Å². The third-order valence-corrected chi connectivity index (χ3v) is 9.68. The molecule has 0 bridgehead atoms. The molecule has 0 aliphatic carbocycles. The molecular weight excluding hydrogens is 627 g/mol. The quantitative estimate of drug-likeness (QED) is 0.123. The van der Waals surface area contributed by atoms with Crippen LogP contribution in [0, 0.1) is 6.92 Å². The van der Waals surface area contributed by atoms with E-state index in [-0.39, 0.29) is 16.6 Å². The number of guanidine groups is 1. The molecule has 14 heteroatoms. The zero-order chi connectivity index (χ0) is 32.9. The molecule has 0 fully saturated rings. The van der Waals surface area contributed by atoms with E-state index in [0.29, 0.717) is 53.8 Å². The van der Waals surface area contributed by atoms with E-state index >= 15 is 0 Å². The molecular formula is C32H39N7O5S2. The molecule has 0 saturated carbocycles. The van der Waals surface area contributed by atoms with Crippen molar-refractivity contribution in [1.82, 2.24) is 29.9 Å². The fraction of sp³-hybridized carbons (Fsp3) is 0.406. The molecule has 1 aliphatic heterocycles. The van der Waals surface area contributed by atoms with Crippen molar-refractivity contribution in [3.05, 3.63) is 60.6 Å². The Labute approximate surface area is 272 Å². The Balaban J connectivity index is 1.32. The molecule has 0 spiro atoms. The Bertz CT molecular complexity index is 1880. The van der Waals surface area contributed by atoms with E-state index in [0.717, 1.165) is 23.7 Å². The van der Waals surface area contributed by atoms with E-state index in [1.165, 1.54) is 17.8 Å². The van der Waals surface area contributed by atoms with Gasteiger partial charge in [-0.3, -0.25) is 19.9 Å². The molecule has 0 unspecified atom stereocenters. The van der Waals surface area contributed by atoms with Gasteiger partial charge in [0.05, 0.1) is 10.3 Å². The Hall–Kier alpha value is -4.01. The van der Waals surface area contributed by atoms with Crippen LogP contribution < -0.4 is 15.4 Å². The van der Waals surface area contributed by atoms with Gasteiger partial charge < -0.3 is 14.6 Å². The average Bonchev–Trinajstić information content (AvgIpc) is 3.41. The van der Waals surface area contributed by atoms with Gasteiger partial charge in [0.1, 0.15) is 28.1 Å². The summed E-state index contributed by atoms with van der Waals surface area (Å²) >= 11 is 1.25. The molecule has 46 heavy (non-hydrogen) atoms. The van der Waals surface area contributed by atoms with Crippen molar-refractivity contribution in [2.24, 2.45) is 4.99 Å². The van der Waals surface area contributed by atoms with Gasteiger partial charge in [-0.15, -0.1) is 11.8 Å². The number of fused-ring (bicyclic) bond motifs is 2. The number of carbonyl (C=O) groups is 2. The highest BCUT2D eigenvalue weighted by molar-refractivity contribution is 7.99. The largest absolute Gasteiger partial charge is 0.459 e. The number of esters is 1. The highest BCUT2D eigenvalue weighted by atomic mass is 32.2. The van der Waals surface area contributed by atoms with Gasteiger partial charge in [0, 0.05) is 43.4 Å². The van der Waals surface area contributed by atoms with Crippen LogP contribution in [0.3, 0.4) is 0 Å². The van der Waals surface area contributed by atoms with Crippen LogP contribution >= 0.6 is 11.8 Å². The van der Waals surface area contributed by atoms with Gasteiger partial charge >= 0.3 is 5.97 Å². The summed E-state index contributed by atoms with van der Waals surface area (Å²) in [7, 11) is -4.11. The molecule has 1 aliphatic rings. The monoisotopic (exact) mass is 665 g/mol. The van der Waals surface area contributed by atoms with Gasteiger partial charge in [0.15, 0.2) is 5.96 Å². The van der Waals surface area contributed by atoms with Crippen LogP contribution in [0.15, 0.2) is 69.6 Å². The highest BCUT2D eigenvalue weighted by Crippen LogP contribution is 2.29. The van der Waals surface area contributed by atoms with E-state index in [1.807, 2.05) is 35.0 Å². The average molecular weight is 666 g/mol. The van der Waals surface area contributed by atoms with E-state index in [2.05, 4.69) is 30.3 Å². The fourth-order valence-electron chi connectivity index (χ4n) is 5.02. The minimum Gasteiger partial charge on any atom is -0.459 e. The summed E-state index contributed by atoms with van der Waals surface area (Å²) in [6.07, 6.45) is 3.75. The van der Waals surface area contributed by atoms with Gasteiger partial charge in [-0.1, -0.05) is 36.4 Å². The second kappa shape index (κ2) is 14.2. The number of nitrogens with zero attached hydrogens (tertiary/aromatic N) is 4. The third kappa shape index (κ3) is 8.42. The zero-order valence-electron chi connectivity index (χ0n) is 26.4. The Morgan fingerprint density at radius 2 is 1.87 bits per heavy atom. The third-order valence-electron chi connectivity index (χ3n) is 7.07. The summed E-state index contributed by atoms with van der Waals surface area (Å²) in [5.74, 6) is 0.297. The molecule has 5 rings (SSSR count). The number of amides is 1. The number of aromatic nitrogens is 3. The van der Waals surface area contributed by atoms with Crippen LogP contribution in [0.1, 0.15) is 45.9 Å². The van der Waals surface area contributed by atoms with Crippen LogP contribution in [-0.4, -0.2) is 71.3 Å². The topological polar surface area (TPSA) is 157 Å². The molecule has 3 heterocycles. The summed E-state index contributed by atoms with van der Waals surface area (Å²) < 4.78 is 37.5. The lowest BCUT2D eigenvalue weighted by Gasteiger charge is -2.24. The van der Waals surface area contributed by atoms with Crippen molar-refractivity contribution < 1.29 is 22.7 Å². The maximum atomic E-state index is 13.7. The minimum atomic E-state index is -4.11. The van der Waals surface area contributed by atoms with Gasteiger partial charge in [-0.05, 0) is 58.1 Å². The van der Waals surface area contributed by atoms with Crippen LogP contribution in [0.2, 0.25) is 0 Å². The predicted molar refractivity (Wildman–Crippen MR) is 179 cm³/mol. The van der Waals surface area contributed by atoms with E-state index in [4.69, 9.17) is 4.74 Å². The van der Waals surface area contributed by atoms with Crippen molar-refractivity contribution in [3.8, 4) is 0 Å². The number of hydrogen-bond donors (Lipinski definition) is 3. The zero-order valence-corrected chi connectivity index (χ0v) is 28.0. The fourth-order valence-corrected chi connectivity index (χ4v) is 7.59. The molecule has 244 valence electrons. The van der Waals surface area contributed by atoms with E-state index in [1.54, 1.807) is 45.9 Å². The predicted octanol–water partition coefficient (Wildman–Crippen LogP) is 3.92. The number of ether oxygens (including phenoxy) is 1. The summed E-state index contributed by atoms with van der Waals surface area (Å²) in [6.45, 7) is 9.04. The normalized spacial score (nSPS) is 14.5. The SMILES string of the molecule is Cc1nc(SC[C@H](NS(=O)(=O)c2cccc3ccccc23)C(=O)OC(C)(C)C)c2ccn(CCCC(=O)NC3=NCCCN3)c2n1. The van der Waals surface area contributed by atoms with Gasteiger partial charge in [0.25, 0.3) is 0 Å². The van der Waals surface area contributed by atoms with Crippen molar-refractivity contribution >= 4 is 61.4 Å². The Morgan fingerprint density at radius 1 is 1.09 bits per heavy atom. The number of rotatable bonds is 11. The lowest BCUT2D eigenvalue weighted by molar-refractivity contribution is -0.156. The second-order valence-corrected chi connectivity index (χ2v) is 14.7. The number of aliphatic imine (C=N–C) groups is 1. The molecule has 1 atom stereocenters. The number of nitrogens with one attached hydrogen (secondary N) is 3. The molecule has 4 aromatic rings. The molecule has 1 amide bonds. The first-order valence-electron chi connectivity index (χ1n) is 15.2. The van der Waals surface area contributed by atoms with Gasteiger partial charge in [0.2, 0.25) is 15.9 Å². The van der Waals surface area contributed by atoms with Crippen LogP contribution in [0.25, 0.3) is 21.8 Å². The number of thioether (sulfide) groups is 1. The molecule has 2 aromatic heterocycles. The van der Waals surface area contributed by atoms with Crippen LogP contribution in [-0.2, 0) is 30.9 Å². The summed E-state index contributed by atoms with van der Waals surface area (Å²) in [6, 6.07) is 12.9. The van der Waals surface area contributed by atoms with Crippen molar-refractivity contribution in [1.29, 1.82) is 0 Å². The van der Waals surface area contributed by atoms with Crippen molar-refractivity contribution in [2.45, 2.75) is 75.1 Å². The smallest absolute Gasteiger partial charge is 0.325 e. The first-order chi connectivity index (χ1) is 21.9. The number of carbonyl (C=O) groups excluding carboxylic acids is 2. The Morgan fingerprint density at radius 3 is 2.63 bits per heavy atom. The van der Waals surface area contributed by atoms with Crippen molar-refractivity contribution in [2.75, 3.05) is 18.8 Å². The molecule has 0 radical (unpaired) electrons. The lowest BCUT2D eigenvalue weighted by Crippen LogP contribution is -2.45. The molecule has 12 nitrogen and oxygen atoms in total. The van der Waals surface area contributed by atoms with Crippen LogP contribution in [0.4, 0.5) is 0 Å². The van der Waals surface area contributed by atoms with Gasteiger partial charge in [-0.25, -0.2) is 18.4 Å². The van der Waals surface area contributed by atoms with Gasteiger partial charge in [-0.2, -0.15) is 4.72 Å². The first-order valence-corrected chi connectivity index (χ1v) is 17.6. The maximum absolute atomic E-state index is 13.7. The minimum absolute atomic E-state index is 0.0355.